The number of halogens is 3. The molecule has 0 fully saturated rings. The third-order valence-corrected chi connectivity index (χ3v) is 1.43. The first-order chi connectivity index (χ1) is 5.80. The zero-order chi connectivity index (χ0) is 10.5. The predicted molar refractivity (Wildman–Crippen MR) is 61.1 cm³/mol. The molecule has 0 aliphatic carbocycles. The van der Waals surface area contributed by atoms with E-state index >= 15 is 0 Å². The normalized spacial score (nSPS) is 10.2. The van der Waals surface area contributed by atoms with Gasteiger partial charge in [0.1, 0.15) is 0 Å². The van der Waals surface area contributed by atoms with E-state index in [2.05, 4.69) is 71.8 Å². The Labute approximate surface area is 92.7 Å². The third kappa shape index (κ3) is 10.2. The van der Waals surface area contributed by atoms with E-state index in [9.17, 15) is 4.57 Å². The third-order valence-electron chi connectivity index (χ3n) is 1.43. The fourth-order valence-electron chi connectivity index (χ4n) is 0.663. The van der Waals surface area contributed by atoms with Crippen molar-refractivity contribution in [3.05, 3.63) is 35.4 Å². The molecule has 74 valence electrons. The van der Waals surface area contributed by atoms with Gasteiger partial charge in [0.2, 0.25) is 0 Å². The summed E-state index contributed by atoms with van der Waals surface area (Å²) in [5.74, 6) is 0. The number of rotatable bonds is 0. The van der Waals surface area contributed by atoms with E-state index in [0.29, 0.717) is 0 Å². The maximum Gasteiger partial charge on any atom is 0.339 e. The van der Waals surface area contributed by atoms with Crippen molar-refractivity contribution in [1.29, 1.82) is 0 Å². The van der Waals surface area contributed by atoms with Crippen LogP contribution < -0.4 is 0 Å². The molecule has 1 rings (SSSR count). The van der Waals surface area contributed by atoms with Gasteiger partial charge in [0.05, 0.1) is 0 Å². The average molecular weight is 260 g/mol. The van der Waals surface area contributed by atoms with Crippen LogP contribution in [0, 0.1) is 13.8 Å². The van der Waals surface area contributed by atoms with E-state index in [-0.39, 0.29) is 0 Å². The first kappa shape index (κ1) is 13.3. The van der Waals surface area contributed by atoms with Gasteiger partial charge in [-0.1, -0.05) is 24.3 Å². The first-order valence-corrected chi connectivity index (χ1v) is 7.94. The van der Waals surface area contributed by atoms with Crippen molar-refractivity contribution in [2.24, 2.45) is 0 Å². The second-order valence-corrected chi connectivity index (χ2v) is 9.12. The van der Waals surface area contributed by atoms with E-state index in [1.165, 1.54) is 11.1 Å². The Morgan fingerprint density at radius 2 is 1.23 bits per heavy atom. The van der Waals surface area contributed by atoms with Crippen molar-refractivity contribution in [3.8, 4) is 0 Å². The summed E-state index contributed by atoms with van der Waals surface area (Å²) in [7, 11) is 0. The van der Waals surface area contributed by atoms with Crippen molar-refractivity contribution < 1.29 is 4.57 Å². The first-order valence-electron chi connectivity index (χ1n) is 3.52. The van der Waals surface area contributed by atoms with Crippen LogP contribution in [0.2, 0.25) is 0 Å². The fourth-order valence-corrected chi connectivity index (χ4v) is 0.663. The van der Waals surface area contributed by atoms with Gasteiger partial charge in [-0.3, -0.25) is 4.57 Å². The largest absolute Gasteiger partial charge is 0.339 e. The molecule has 0 bridgehead atoms. The SMILES string of the molecule is Cc1ccccc1C.O=P(Cl)(Cl)Cl. The summed E-state index contributed by atoms with van der Waals surface area (Å²) in [5, 5.41) is -3.22. The number of aryl methyl sites for hydroxylation is 2. The molecule has 0 saturated heterocycles. The number of benzene rings is 1. The zero-order valence-corrected chi connectivity index (χ0v) is 10.5. The second kappa shape index (κ2) is 5.93. The van der Waals surface area contributed by atoms with E-state index in [1.54, 1.807) is 0 Å². The highest BCUT2D eigenvalue weighted by Gasteiger charge is 2.02. The molecular weight excluding hydrogens is 249 g/mol. The van der Waals surface area contributed by atoms with Gasteiger partial charge >= 0.3 is 5.20 Å². The lowest BCUT2D eigenvalue weighted by Gasteiger charge is -1.93. The molecule has 1 nitrogen and oxygen atoms in total. The lowest BCUT2D eigenvalue weighted by molar-refractivity contribution is 0.600. The molecule has 0 heterocycles. The lowest BCUT2D eigenvalue weighted by atomic mass is 10.1. The highest BCUT2D eigenvalue weighted by Crippen LogP contribution is 2.61. The van der Waals surface area contributed by atoms with Gasteiger partial charge in [0.25, 0.3) is 0 Å². The van der Waals surface area contributed by atoms with Crippen LogP contribution >= 0.6 is 38.9 Å². The van der Waals surface area contributed by atoms with E-state index in [0.717, 1.165) is 0 Å². The Kier molecular flexibility index (Phi) is 6.07. The fraction of sp³-hybridized carbons (Fsp3) is 0.250. The topological polar surface area (TPSA) is 17.1 Å². The minimum absolute atomic E-state index is 1.37. The van der Waals surface area contributed by atoms with E-state index < -0.39 is 5.20 Å². The smallest absolute Gasteiger partial charge is 0.271 e. The quantitative estimate of drug-likeness (QED) is 0.591. The van der Waals surface area contributed by atoms with Gasteiger partial charge in [-0.05, 0) is 58.7 Å². The predicted octanol–water partition coefficient (Wildman–Crippen LogP) is 5.11. The summed E-state index contributed by atoms with van der Waals surface area (Å²) in [4.78, 5) is 0. The summed E-state index contributed by atoms with van der Waals surface area (Å²) >= 11 is 13.8. The highest BCUT2D eigenvalue weighted by molar-refractivity contribution is 8.24. The second-order valence-electron chi connectivity index (χ2n) is 2.48. The monoisotopic (exact) mass is 258 g/mol. The van der Waals surface area contributed by atoms with Crippen molar-refractivity contribution >= 4 is 38.9 Å². The summed E-state index contributed by atoms with van der Waals surface area (Å²) in [5.41, 5.74) is 2.74. The summed E-state index contributed by atoms with van der Waals surface area (Å²) in [6.45, 7) is 4.24. The van der Waals surface area contributed by atoms with Crippen LogP contribution in [0.3, 0.4) is 0 Å². The molecule has 0 saturated carbocycles. The molecule has 0 atom stereocenters. The van der Waals surface area contributed by atoms with Gasteiger partial charge in [0.15, 0.2) is 0 Å². The molecule has 0 unspecified atom stereocenters. The lowest BCUT2D eigenvalue weighted by Crippen LogP contribution is -1.74. The van der Waals surface area contributed by atoms with Crippen molar-refractivity contribution in [3.63, 3.8) is 0 Å². The van der Waals surface area contributed by atoms with Crippen LogP contribution in [0.25, 0.3) is 0 Å². The molecule has 5 heteroatoms. The molecule has 0 radical (unpaired) electrons. The summed E-state index contributed by atoms with van der Waals surface area (Å²) in [6.07, 6.45) is 0. The molecular formula is C8H10Cl3OP. The van der Waals surface area contributed by atoms with Gasteiger partial charge in [-0.25, -0.2) is 0 Å². The average Bonchev–Trinajstić information content (AvgIpc) is 1.92. The molecule has 0 amide bonds. The van der Waals surface area contributed by atoms with Crippen molar-refractivity contribution in [1.82, 2.24) is 0 Å². The van der Waals surface area contributed by atoms with Gasteiger partial charge < -0.3 is 0 Å². The van der Waals surface area contributed by atoms with Crippen LogP contribution in [0.1, 0.15) is 11.1 Å². The minimum atomic E-state index is -3.22. The number of hydrogen-bond acceptors (Lipinski definition) is 1. The van der Waals surface area contributed by atoms with Gasteiger partial charge in [-0.15, -0.1) is 0 Å². The minimum Gasteiger partial charge on any atom is -0.271 e. The van der Waals surface area contributed by atoms with E-state index in [1.807, 2.05) is 0 Å². The van der Waals surface area contributed by atoms with Gasteiger partial charge in [0, 0.05) is 0 Å². The Morgan fingerprint density at radius 3 is 1.38 bits per heavy atom. The van der Waals surface area contributed by atoms with E-state index in [4.69, 9.17) is 0 Å². The standard InChI is InChI=1S/C8H10.Cl3OP/c1-7-5-3-4-6-8(7)2;1-5(2,3)4/h3-6H,1-2H3;. The van der Waals surface area contributed by atoms with Crippen LogP contribution in [-0.4, -0.2) is 0 Å². The Balaban J connectivity index is 0.000000252. The zero-order valence-electron chi connectivity index (χ0n) is 7.30. The summed E-state index contributed by atoms with van der Waals surface area (Å²) in [6, 6.07) is 8.36. The van der Waals surface area contributed by atoms with Crippen molar-refractivity contribution in [2.75, 3.05) is 0 Å². The van der Waals surface area contributed by atoms with Crippen LogP contribution in [0.15, 0.2) is 24.3 Å². The Bertz CT molecular complexity index is 279. The summed E-state index contributed by atoms with van der Waals surface area (Å²) < 4.78 is 9.51. The molecule has 1 aromatic rings. The molecule has 0 aliphatic rings. The van der Waals surface area contributed by atoms with Gasteiger partial charge in [-0.2, -0.15) is 0 Å². The number of hydrogen-bond donors (Lipinski definition) is 0. The molecule has 0 aliphatic heterocycles. The molecule has 0 aromatic heterocycles. The molecule has 0 spiro atoms. The maximum absolute atomic E-state index is 9.51. The molecule has 13 heavy (non-hydrogen) atoms. The van der Waals surface area contributed by atoms with Crippen LogP contribution in [-0.2, 0) is 4.57 Å². The van der Waals surface area contributed by atoms with Crippen LogP contribution in [0.4, 0.5) is 0 Å². The molecule has 0 N–H and O–H groups in total. The Morgan fingerprint density at radius 1 is 1.00 bits per heavy atom. The maximum atomic E-state index is 9.51. The van der Waals surface area contributed by atoms with Crippen molar-refractivity contribution in [2.45, 2.75) is 13.8 Å². The molecule has 1 aromatic carbocycles. The Hall–Kier alpha value is 0.320. The highest BCUT2D eigenvalue weighted by atomic mass is 36.0. The van der Waals surface area contributed by atoms with Crippen LogP contribution in [0.5, 0.6) is 0 Å².